The number of anilines is 1. The third-order valence-electron chi connectivity index (χ3n) is 3.29. The summed E-state index contributed by atoms with van der Waals surface area (Å²) in [7, 11) is 2.17. The molecule has 0 amide bonds. The van der Waals surface area contributed by atoms with Crippen molar-refractivity contribution in [3.8, 4) is 0 Å². The van der Waals surface area contributed by atoms with Crippen LogP contribution < -0.4 is 4.90 Å². The van der Waals surface area contributed by atoms with Crippen LogP contribution in [0, 0.1) is 6.92 Å². The largest absolute Gasteiger partial charge is 0.367 e. The van der Waals surface area contributed by atoms with E-state index >= 15 is 0 Å². The van der Waals surface area contributed by atoms with Crippen molar-refractivity contribution in [3.63, 3.8) is 0 Å². The van der Waals surface area contributed by atoms with E-state index in [1.165, 1.54) is 21.7 Å². The van der Waals surface area contributed by atoms with Gasteiger partial charge < -0.3 is 4.90 Å². The second kappa shape index (κ2) is 5.89. The number of benzene rings is 1. The van der Waals surface area contributed by atoms with Gasteiger partial charge in [0.25, 0.3) is 0 Å². The van der Waals surface area contributed by atoms with Gasteiger partial charge in [-0.15, -0.1) is 11.3 Å². The van der Waals surface area contributed by atoms with E-state index in [1.54, 1.807) is 0 Å². The minimum atomic E-state index is 0.408. The lowest BCUT2D eigenvalue weighted by Gasteiger charge is -2.28. The van der Waals surface area contributed by atoms with Crippen LogP contribution in [-0.2, 0) is 5.33 Å². The maximum absolute atomic E-state index is 3.58. The van der Waals surface area contributed by atoms with E-state index in [2.05, 4.69) is 77.4 Å². The molecule has 0 saturated carbocycles. The van der Waals surface area contributed by atoms with Gasteiger partial charge >= 0.3 is 0 Å². The Labute approximate surface area is 122 Å². The Hall–Kier alpha value is -0.800. The van der Waals surface area contributed by atoms with Gasteiger partial charge in [0.2, 0.25) is 0 Å². The second-order valence-corrected chi connectivity index (χ2v) is 6.11. The standard InChI is InChI=1S/C15H18BrNS/c1-11-6-7-14(13(9-11)10-16)17(3)12(2)15-5-4-8-18-15/h4-9,12H,10H2,1-3H3. The predicted molar refractivity (Wildman–Crippen MR) is 84.9 cm³/mol. The number of alkyl halides is 1. The van der Waals surface area contributed by atoms with Crippen molar-refractivity contribution in [2.75, 3.05) is 11.9 Å². The van der Waals surface area contributed by atoms with Crippen LogP contribution in [0.15, 0.2) is 35.7 Å². The summed E-state index contributed by atoms with van der Waals surface area (Å²) in [5.74, 6) is 0. The van der Waals surface area contributed by atoms with Gasteiger partial charge in [-0.2, -0.15) is 0 Å². The molecular formula is C15H18BrNS. The molecule has 0 fully saturated rings. The van der Waals surface area contributed by atoms with Crippen LogP contribution in [0.1, 0.15) is 29.0 Å². The highest BCUT2D eigenvalue weighted by Crippen LogP contribution is 2.31. The van der Waals surface area contributed by atoms with Crippen molar-refractivity contribution >= 4 is 33.0 Å². The SMILES string of the molecule is Cc1ccc(N(C)C(C)c2cccs2)c(CBr)c1. The molecule has 0 aliphatic carbocycles. The Bertz CT molecular complexity index is 507. The monoisotopic (exact) mass is 323 g/mol. The summed E-state index contributed by atoms with van der Waals surface area (Å²) < 4.78 is 0. The number of nitrogens with zero attached hydrogens (tertiary/aromatic N) is 1. The molecular weight excluding hydrogens is 306 g/mol. The lowest BCUT2D eigenvalue weighted by molar-refractivity contribution is 0.751. The Kier molecular flexibility index (Phi) is 4.46. The molecule has 1 aromatic carbocycles. The van der Waals surface area contributed by atoms with E-state index in [0.717, 1.165) is 5.33 Å². The highest BCUT2D eigenvalue weighted by atomic mass is 79.9. The summed E-state index contributed by atoms with van der Waals surface area (Å²) in [5, 5.41) is 3.03. The molecule has 2 aromatic rings. The summed E-state index contributed by atoms with van der Waals surface area (Å²) in [5.41, 5.74) is 3.96. The molecule has 1 atom stereocenters. The van der Waals surface area contributed by atoms with E-state index in [1.807, 2.05) is 11.3 Å². The molecule has 96 valence electrons. The number of halogens is 1. The zero-order valence-electron chi connectivity index (χ0n) is 11.0. The molecule has 0 radical (unpaired) electrons. The first-order valence-electron chi connectivity index (χ1n) is 6.05. The van der Waals surface area contributed by atoms with Crippen molar-refractivity contribution in [1.82, 2.24) is 0 Å². The maximum Gasteiger partial charge on any atom is 0.0603 e. The number of aryl methyl sites for hydroxylation is 1. The summed E-state index contributed by atoms with van der Waals surface area (Å²) in [4.78, 5) is 3.75. The molecule has 0 bridgehead atoms. The van der Waals surface area contributed by atoms with E-state index in [9.17, 15) is 0 Å². The van der Waals surface area contributed by atoms with E-state index < -0.39 is 0 Å². The molecule has 18 heavy (non-hydrogen) atoms. The lowest BCUT2D eigenvalue weighted by Crippen LogP contribution is -2.22. The van der Waals surface area contributed by atoms with Gasteiger partial charge in [-0.05, 0) is 36.9 Å². The van der Waals surface area contributed by atoms with Gasteiger partial charge in [-0.3, -0.25) is 0 Å². The zero-order valence-corrected chi connectivity index (χ0v) is 13.4. The summed E-state index contributed by atoms with van der Waals surface area (Å²) in [6.45, 7) is 4.39. The van der Waals surface area contributed by atoms with E-state index in [4.69, 9.17) is 0 Å². The Balaban J connectivity index is 2.31. The smallest absolute Gasteiger partial charge is 0.0603 e. The van der Waals surface area contributed by atoms with Gasteiger partial charge in [-0.25, -0.2) is 0 Å². The topological polar surface area (TPSA) is 3.24 Å². The average molecular weight is 324 g/mol. The highest BCUT2D eigenvalue weighted by molar-refractivity contribution is 9.08. The van der Waals surface area contributed by atoms with Crippen LogP contribution in [-0.4, -0.2) is 7.05 Å². The van der Waals surface area contributed by atoms with Gasteiger partial charge in [0.15, 0.2) is 0 Å². The number of hydrogen-bond donors (Lipinski definition) is 0. The van der Waals surface area contributed by atoms with Crippen LogP contribution in [0.3, 0.4) is 0 Å². The van der Waals surface area contributed by atoms with Crippen LogP contribution in [0.25, 0.3) is 0 Å². The summed E-state index contributed by atoms with van der Waals surface area (Å²) in [6.07, 6.45) is 0. The summed E-state index contributed by atoms with van der Waals surface area (Å²) >= 11 is 5.40. The Morgan fingerprint density at radius 3 is 2.72 bits per heavy atom. The molecule has 0 saturated heterocycles. The third kappa shape index (κ3) is 2.78. The normalized spacial score (nSPS) is 12.4. The van der Waals surface area contributed by atoms with Crippen molar-refractivity contribution in [3.05, 3.63) is 51.7 Å². The Morgan fingerprint density at radius 1 is 1.33 bits per heavy atom. The molecule has 1 unspecified atom stereocenters. The first-order chi connectivity index (χ1) is 8.63. The molecule has 2 rings (SSSR count). The van der Waals surface area contributed by atoms with Crippen molar-refractivity contribution < 1.29 is 0 Å². The van der Waals surface area contributed by atoms with Gasteiger partial charge in [0.05, 0.1) is 6.04 Å². The fourth-order valence-electron chi connectivity index (χ4n) is 2.09. The quantitative estimate of drug-likeness (QED) is 0.703. The first-order valence-corrected chi connectivity index (χ1v) is 8.05. The fraction of sp³-hybridized carbons (Fsp3) is 0.333. The highest BCUT2D eigenvalue weighted by Gasteiger charge is 2.15. The van der Waals surface area contributed by atoms with Crippen LogP contribution in [0.4, 0.5) is 5.69 Å². The molecule has 0 spiro atoms. The Morgan fingerprint density at radius 2 is 2.11 bits per heavy atom. The number of hydrogen-bond acceptors (Lipinski definition) is 2. The molecule has 0 aliphatic heterocycles. The minimum absolute atomic E-state index is 0.408. The minimum Gasteiger partial charge on any atom is -0.367 e. The third-order valence-corrected chi connectivity index (χ3v) is 4.94. The van der Waals surface area contributed by atoms with Crippen molar-refractivity contribution in [1.29, 1.82) is 0 Å². The van der Waals surface area contributed by atoms with E-state index in [0.29, 0.717) is 6.04 Å². The van der Waals surface area contributed by atoms with Crippen molar-refractivity contribution in [2.45, 2.75) is 25.2 Å². The second-order valence-electron chi connectivity index (χ2n) is 4.57. The molecule has 0 N–H and O–H groups in total. The van der Waals surface area contributed by atoms with Gasteiger partial charge in [-0.1, -0.05) is 39.7 Å². The number of thiophene rings is 1. The number of rotatable bonds is 4. The molecule has 1 heterocycles. The van der Waals surface area contributed by atoms with Crippen LogP contribution in [0.2, 0.25) is 0 Å². The van der Waals surface area contributed by atoms with Gasteiger partial charge in [0.1, 0.15) is 0 Å². The molecule has 1 aromatic heterocycles. The summed E-state index contributed by atoms with van der Waals surface area (Å²) in [6, 6.07) is 11.4. The maximum atomic E-state index is 3.58. The van der Waals surface area contributed by atoms with E-state index in [-0.39, 0.29) is 0 Å². The van der Waals surface area contributed by atoms with Crippen molar-refractivity contribution in [2.24, 2.45) is 0 Å². The zero-order chi connectivity index (χ0) is 13.1. The van der Waals surface area contributed by atoms with Gasteiger partial charge in [0, 0.05) is 22.9 Å². The van der Waals surface area contributed by atoms with Crippen LogP contribution >= 0.6 is 27.3 Å². The lowest BCUT2D eigenvalue weighted by atomic mass is 10.1. The average Bonchev–Trinajstić information content (AvgIpc) is 2.90. The van der Waals surface area contributed by atoms with Crippen LogP contribution in [0.5, 0.6) is 0 Å². The molecule has 3 heteroatoms. The predicted octanol–water partition coefficient (Wildman–Crippen LogP) is 5.15. The molecule has 0 aliphatic rings. The fourth-order valence-corrected chi connectivity index (χ4v) is 3.37. The molecule has 1 nitrogen and oxygen atoms in total. The first kappa shape index (κ1) is 13.6.